The van der Waals surface area contributed by atoms with Gasteiger partial charge in [0.15, 0.2) is 5.82 Å². The molecule has 0 aliphatic heterocycles. The van der Waals surface area contributed by atoms with Crippen LogP contribution < -0.4 is 16.4 Å². The molecule has 1 aromatic rings. The number of H-pyrrole nitrogens is 1. The van der Waals surface area contributed by atoms with Gasteiger partial charge in [0.2, 0.25) is 0 Å². The maximum atomic E-state index is 12.1. The second-order valence-electron chi connectivity index (χ2n) is 4.06. The van der Waals surface area contributed by atoms with E-state index in [1.54, 1.807) is 0 Å². The highest BCUT2D eigenvalue weighted by Crippen LogP contribution is 2.14. The molecule has 0 unspecified atom stereocenters. The summed E-state index contributed by atoms with van der Waals surface area (Å²) in [5, 5.41) is 5.93. The quantitative estimate of drug-likeness (QED) is 0.267. The fraction of sp³-hybridized carbons (Fsp3) is 0.667. The van der Waals surface area contributed by atoms with Gasteiger partial charge in [-0.2, -0.15) is 0 Å². The number of ether oxygens (including phenoxy) is 1. The molecule has 0 saturated carbocycles. The summed E-state index contributed by atoms with van der Waals surface area (Å²) in [4.78, 5) is 19.5. The van der Waals surface area contributed by atoms with Crippen LogP contribution in [0.3, 0.4) is 0 Å². The van der Waals surface area contributed by atoms with Crippen molar-refractivity contribution in [3.63, 3.8) is 0 Å². The molecular weight excluding hydrogens is 373 g/mol. The van der Waals surface area contributed by atoms with Gasteiger partial charge < -0.3 is 26.1 Å². The lowest BCUT2D eigenvalue weighted by molar-refractivity contribution is 0.0919. The number of imidazole rings is 1. The summed E-state index contributed by atoms with van der Waals surface area (Å²) >= 11 is 2.20. The second-order valence-corrected chi connectivity index (χ2v) is 4.83. The molecule has 1 amide bonds. The third-order valence-corrected chi connectivity index (χ3v) is 3.24. The number of hydrogen-bond donors (Lipinski definition) is 4. The predicted molar refractivity (Wildman–Crippen MR) is 87.3 cm³/mol. The summed E-state index contributed by atoms with van der Waals surface area (Å²) in [7, 11) is 0. The summed E-state index contributed by atoms with van der Waals surface area (Å²) in [6.45, 7) is 4.85. The van der Waals surface area contributed by atoms with Crippen LogP contribution in [0.5, 0.6) is 0 Å². The summed E-state index contributed by atoms with van der Waals surface area (Å²) in [6.07, 6.45) is 0.831. The number of alkyl halides is 1. The Hall–Kier alpha value is -0.870. The normalized spacial score (nSPS) is 10.6. The largest absolute Gasteiger partial charge is 0.380 e. The number of nitrogens with two attached hydrogens (primary N) is 1. The van der Waals surface area contributed by atoms with Crippen molar-refractivity contribution in [2.24, 2.45) is 5.73 Å². The first-order valence-electron chi connectivity index (χ1n) is 6.67. The van der Waals surface area contributed by atoms with Gasteiger partial charge in [0.05, 0.1) is 11.0 Å². The van der Waals surface area contributed by atoms with E-state index in [-0.39, 0.29) is 5.91 Å². The Balaban J connectivity index is 2.60. The third-order valence-electron chi connectivity index (χ3n) is 2.52. The molecule has 0 aromatic carbocycles. The number of carbonyl (C=O) groups is 1. The molecule has 0 spiro atoms. The van der Waals surface area contributed by atoms with E-state index in [0.29, 0.717) is 44.4 Å². The summed E-state index contributed by atoms with van der Waals surface area (Å²) in [5.41, 5.74) is 5.92. The van der Waals surface area contributed by atoms with Gasteiger partial charge in [0.1, 0.15) is 11.5 Å². The van der Waals surface area contributed by atoms with Crippen molar-refractivity contribution in [1.82, 2.24) is 15.3 Å². The van der Waals surface area contributed by atoms with Crippen molar-refractivity contribution in [1.29, 1.82) is 0 Å². The second kappa shape index (κ2) is 9.94. The Morgan fingerprint density at radius 1 is 1.50 bits per heavy atom. The van der Waals surface area contributed by atoms with Crippen LogP contribution in [0.15, 0.2) is 0 Å². The zero-order valence-corrected chi connectivity index (χ0v) is 13.8. The van der Waals surface area contributed by atoms with Crippen LogP contribution in [0.4, 0.5) is 5.82 Å². The first kappa shape index (κ1) is 17.2. The molecule has 0 aliphatic carbocycles. The fourth-order valence-electron chi connectivity index (χ4n) is 1.56. The van der Waals surface area contributed by atoms with Crippen molar-refractivity contribution < 1.29 is 9.53 Å². The molecule has 0 radical (unpaired) electrons. The van der Waals surface area contributed by atoms with Crippen LogP contribution in [0, 0.1) is 0 Å². The highest BCUT2D eigenvalue weighted by atomic mass is 127. The molecule has 0 saturated heterocycles. The minimum atomic E-state index is -0.177. The minimum absolute atomic E-state index is 0.177. The molecule has 1 aromatic heterocycles. The molecule has 0 fully saturated rings. The van der Waals surface area contributed by atoms with Gasteiger partial charge in [-0.05, 0) is 19.9 Å². The first-order valence-corrected chi connectivity index (χ1v) is 8.20. The molecule has 20 heavy (non-hydrogen) atoms. The zero-order valence-electron chi connectivity index (χ0n) is 11.7. The average Bonchev–Trinajstić information content (AvgIpc) is 2.87. The number of nitrogens with zero attached hydrogens (tertiary/aromatic N) is 1. The number of aromatic nitrogens is 2. The summed E-state index contributed by atoms with van der Waals surface area (Å²) in [5.74, 6) is 1.18. The molecule has 1 rings (SSSR count). The Labute approximate surface area is 132 Å². The third kappa shape index (κ3) is 5.63. The monoisotopic (exact) mass is 395 g/mol. The zero-order chi connectivity index (χ0) is 14.8. The number of amides is 1. The molecule has 114 valence electrons. The van der Waals surface area contributed by atoms with E-state index in [9.17, 15) is 4.79 Å². The van der Waals surface area contributed by atoms with Gasteiger partial charge in [-0.3, -0.25) is 4.79 Å². The average molecular weight is 395 g/mol. The Kier molecular flexibility index (Phi) is 8.54. The lowest BCUT2D eigenvalue weighted by Gasteiger charge is -2.07. The highest BCUT2D eigenvalue weighted by Gasteiger charge is 2.16. The lowest BCUT2D eigenvalue weighted by atomic mass is 10.3. The lowest BCUT2D eigenvalue weighted by Crippen LogP contribution is -2.28. The number of aromatic amines is 1. The molecular formula is C12H22IN5O2. The fourth-order valence-corrected chi connectivity index (χ4v) is 1.92. The standard InChI is InChI=1S/C12H22IN5O2/c1-2-20-7-6-16-12(19)10-11(15-5-3-4-14)18-9(8-13)17-10/h15H,2-8,14H2,1H3,(H,16,19)(H,17,18). The smallest absolute Gasteiger partial charge is 0.271 e. The SMILES string of the molecule is CCOCCNC(=O)c1[nH]c(CI)nc1NCCCN. The molecule has 5 N–H and O–H groups in total. The van der Waals surface area contributed by atoms with Crippen molar-refractivity contribution in [2.45, 2.75) is 17.8 Å². The molecule has 8 heteroatoms. The van der Waals surface area contributed by atoms with Gasteiger partial charge >= 0.3 is 0 Å². The number of rotatable bonds is 10. The van der Waals surface area contributed by atoms with Crippen LogP contribution >= 0.6 is 22.6 Å². The van der Waals surface area contributed by atoms with E-state index < -0.39 is 0 Å². The van der Waals surface area contributed by atoms with Gasteiger partial charge in [-0.1, -0.05) is 22.6 Å². The topological polar surface area (TPSA) is 105 Å². The van der Waals surface area contributed by atoms with E-state index in [4.69, 9.17) is 10.5 Å². The van der Waals surface area contributed by atoms with E-state index in [1.807, 2.05) is 6.92 Å². The van der Waals surface area contributed by atoms with Gasteiger partial charge in [0, 0.05) is 19.7 Å². The number of hydrogen-bond acceptors (Lipinski definition) is 5. The van der Waals surface area contributed by atoms with Crippen molar-refractivity contribution in [3.8, 4) is 0 Å². The predicted octanol–water partition coefficient (Wildman–Crippen LogP) is 0.872. The van der Waals surface area contributed by atoms with Gasteiger partial charge in [0.25, 0.3) is 5.91 Å². The molecule has 0 atom stereocenters. The van der Waals surface area contributed by atoms with E-state index >= 15 is 0 Å². The van der Waals surface area contributed by atoms with Crippen LogP contribution in [-0.4, -0.2) is 48.7 Å². The molecule has 0 aliphatic rings. The molecule has 1 heterocycles. The van der Waals surface area contributed by atoms with E-state index in [2.05, 4.69) is 43.2 Å². The number of carbonyl (C=O) groups excluding carboxylic acids is 1. The molecule has 0 bridgehead atoms. The van der Waals surface area contributed by atoms with Gasteiger partial charge in [-0.25, -0.2) is 4.98 Å². The van der Waals surface area contributed by atoms with Crippen molar-refractivity contribution in [2.75, 3.05) is 38.2 Å². The highest BCUT2D eigenvalue weighted by molar-refractivity contribution is 14.1. The molecule has 7 nitrogen and oxygen atoms in total. The maximum absolute atomic E-state index is 12.1. The van der Waals surface area contributed by atoms with Crippen LogP contribution in [0.2, 0.25) is 0 Å². The van der Waals surface area contributed by atoms with Gasteiger partial charge in [-0.15, -0.1) is 0 Å². The van der Waals surface area contributed by atoms with Crippen molar-refractivity contribution >= 4 is 34.3 Å². The number of nitrogens with one attached hydrogen (secondary N) is 3. The number of anilines is 1. The first-order chi connectivity index (χ1) is 9.72. The summed E-state index contributed by atoms with van der Waals surface area (Å²) in [6, 6.07) is 0. The van der Waals surface area contributed by atoms with Crippen LogP contribution in [-0.2, 0) is 9.16 Å². The number of halogens is 1. The van der Waals surface area contributed by atoms with Crippen LogP contribution in [0.25, 0.3) is 0 Å². The minimum Gasteiger partial charge on any atom is -0.380 e. The van der Waals surface area contributed by atoms with E-state index in [1.165, 1.54) is 0 Å². The van der Waals surface area contributed by atoms with Crippen molar-refractivity contribution in [3.05, 3.63) is 11.5 Å². The Morgan fingerprint density at radius 2 is 2.30 bits per heavy atom. The summed E-state index contributed by atoms with van der Waals surface area (Å²) < 4.78 is 5.90. The Morgan fingerprint density at radius 3 is 2.95 bits per heavy atom. The maximum Gasteiger partial charge on any atom is 0.271 e. The van der Waals surface area contributed by atoms with E-state index in [0.717, 1.165) is 16.7 Å². The van der Waals surface area contributed by atoms with Crippen LogP contribution in [0.1, 0.15) is 29.7 Å². The Bertz CT molecular complexity index is 411.